The average Bonchev–Trinajstić information content (AvgIpc) is 2.93. The van der Waals surface area contributed by atoms with Crippen molar-refractivity contribution in [2.75, 3.05) is 16.2 Å². The summed E-state index contributed by atoms with van der Waals surface area (Å²) < 4.78 is 28.5. The monoisotopic (exact) mass is 554 g/mol. The SMILES string of the molecule is Cc1cccc(N(CC(=O)Nc2cccc(C(=O)c3ccc(C(C)(C)C)cc3)c2)S(=O)(=O)c2ccccc2)c1C. The van der Waals surface area contributed by atoms with Gasteiger partial charge in [-0.15, -0.1) is 0 Å². The van der Waals surface area contributed by atoms with Gasteiger partial charge in [0.1, 0.15) is 6.54 Å². The fourth-order valence-corrected chi connectivity index (χ4v) is 5.88. The first-order valence-electron chi connectivity index (χ1n) is 13.1. The summed E-state index contributed by atoms with van der Waals surface area (Å²) in [7, 11) is -4.03. The summed E-state index contributed by atoms with van der Waals surface area (Å²) in [5, 5.41) is 2.78. The Morgan fingerprint density at radius 1 is 0.775 bits per heavy atom. The highest BCUT2D eigenvalue weighted by Gasteiger charge is 2.28. The predicted octanol–water partition coefficient (Wildman–Crippen LogP) is 6.67. The van der Waals surface area contributed by atoms with E-state index in [4.69, 9.17) is 0 Å². The molecule has 206 valence electrons. The fourth-order valence-electron chi connectivity index (χ4n) is 4.38. The Morgan fingerprint density at radius 3 is 2.08 bits per heavy atom. The minimum Gasteiger partial charge on any atom is -0.324 e. The molecular formula is C33H34N2O4S. The Balaban J connectivity index is 1.59. The number of rotatable bonds is 8. The molecule has 1 amide bonds. The van der Waals surface area contributed by atoms with E-state index in [9.17, 15) is 18.0 Å². The second kappa shape index (κ2) is 11.5. The van der Waals surface area contributed by atoms with E-state index in [1.54, 1.807) is 54.6 Å². The number of carbonyl (C=O) groups excluding carboxylic acids is 2. The number of amides is 1. The van der Waals surface area contributed by atoms with E-state index in [-0.39, 0.29) is 16.1 Å². The Morgan fingerprint density at radius 2 is 1.43 bits per heavy atom. The van der Waals surface area contributed by atoms with Gasteiger partial charge in [0, 0.05) is 16.8 Å². The number of carbonyl (C=O) groups is 2. The van der Waals surface area contributed by atoms with Gasteiger partial charge in [-0.25, -0.2) is 8.42 Å². The predicted molar refractivity (Wildman–Crippen MR) is 161 cm³/mol. The number of anilines is 2. The molecule has 0 heterocycles. The van der Waals surface area contributed by atoms with Crippen LogP contribution in [0.5, 0.6) is 0 Å². The molecule has 0 aliphatic heterocycles. The third-order valence-corrected chi connectivity index (χ3v) is 8.66. The fraction of sp³-hybridized carbons (Fsp3) is 0.212. The summed E-state index contributed by atoms with van der Waals surface area (Å²) in [6, 6.07) is 27.6. The lowest BCUT2D eigenvalue weighted by atomic mass is 9.86. The van der Waals surface area contributed by atoms with Gasteiger partial charge < -0.3 is 5.32 Å². The van der Waals surface area contributed by atoms with E-state index >= 15 is 0 Å². The molecule has 0 radical (unpaired) electrons. The van der Waals surface area contributed by atoms with Crippen molar-refractivity contribution in [1.82, 2.24) is 0 Å². The summed E-state index contributed by atoms with van der Waals surface area (Å²) in [4.78, 5) is 26.5. The van der Waals surface area contributed by atoms with E-state index in [0.29, 0.717) is 22.5 Å². The van der Waals surface area contributed by atoms with Crippen molar-refractivity contribution in [2.24, 2.45) is 0 Å². The highest BCUT2D eigenvalue weighted by Crippen LogP contribution is 2.29. The van der Waals surface area contributed by atoms with Gasteiger partial charge >= 0.3 is 0 Å². The lowest BCUT2D eigenvalue weighted by Crippen LogP contribution is -2.38. The number of hydrogen-bond donors (Lipinski definition) is 1. The van der Waals surface area contributed by atoms with Crippen LogP contribution in [-0.4, -0.2) is 26.7 Å². The largest absolute Gasteiger partial charge is 0.324 e. The van der Waals surface area contributed by atoms with Crippen molar-refractivity contribution >= 4 is 33.1 Å². The topological polar surface area (TPSA) is 83.6 Å². The maximum atomic E-state index is 13.7. The normalized spacial score (nSPS) is 11.6. The Kier molecular flexibility index (Phi) is 8.26. The van der Waals surface area contributed by atoms with E-state index < -0.39 is 22.5 Å². The third kappa shape index (κ3) is 6.32. The summed E-state index contributed by atoms with van der Waals surface area (Å²) >= 11 is 0. The molecule has 0 bridgehead atoms. The van der Waals surface area contributed by atoms with Crippen molar-refractivity contribution in [3.63, 3.8) is 0 Å². The number of aryl methyl sites for hydroxylation is 1. The number of nitrogens with one attached hydrogen (secondary N) is 1. The number of benzene rings is 4. The van der Waals surface area contributed by atoms with Crippen LogP contribution in [0.15, 0.2) is 102 Å². The van der Waals surface area contributed by atoms with Crippen molar-refractivity contribution in [2.45, 2.75) is 44.9 Å². The molecule has 4 rings (SSSR count). The molecule has 40 heavy (non-hydrogen) atoms. The van der Waals surface area contributed by atoms with Gasteiger partial charge in [-0.2, -0.15) is 0 Å². The Hall–Kier alpha value is -4.23. The van der Waals surface area contributed by atoms with E-state index in [1.165, 1.54) is 12.1 Å². The molecule has 0 fully saturated rings. The first kappa shape index (κ1) is 28.8. The molecular weight excluding hydrogens is 520 g/mol. The lowest BCUT2D eigenvalue weighted by Gasteiger charge is -2.26. The van der Waals surface area contributed by atoms with Gasteiger partial charge in [0.15, 0.2) is 5.78 Å². The quantitative estimate of drug-likeness (QED) is 0.247. The first-order chi connectivity index (χ1) is 18.9. The van der Waals surface area contributed by atoms with Crippen LogP contribution in [0.25, 0.3) is 0 Å². The zero-order valence-electron chi connectivity index (χ0n) is 23.4. The smallest absolute Gasteiger partial charge is 0.264 e. The maximum absolute atomic E-state index is 13.7. The van der Waals surface area contributed by atoms with E-state index in [0.717, 1.165) is 21.0 Å². The second-order valence-corrected chi connectivity index (χ2v) is 12.7. The number of ketones is 1. The minimum atomic E-state index is -4.03. The molecule has 0 spiro atoms. The van der Waals surface area contributed by atoms with Gasteiger partial charge in [-0.3, -0.25) is 13.9 Å². The van der Waals surface area contributed by atoms with E-state index in [2.05, 4.69) is 26.1 Å². The summed E-state index contributed by atoms with van der Waals surface area (Å²) in [5.41, 5.74) is 4.58. The van der Waals surface area contributed by atoms with E-state index in [1.807, 2.05) is 44.2 Å². The van der Waals surface area contributed by atoms with Crippen LogP contribution in [0.3, 0.4) is 0 Å². The molecule has 6 nitrogen and oxygen atoms in total. The van der Waals surface area contributed by atoms with Crippen LogP contribution in [0.4, 0.5) is 11.4 Å². The van der Waals surface area contributed by atoms with Crippen molar-refractivity contribution < 1.29 is 18.0 Å². The highest BCUT2D eigenvalue weighted by atomic mass is 32.2. The molecule has 0 saturated heterocycles. The molecule has 0 aliphatic carbocycles. The molecule has 4 aromatic carbocycles. The molecule has 0 atom stereocenters. The molecule has 4 aromatic rings. The molecule has 1 N–H and O–H groups in total. The van der Waals surface area contributed by atoms with Gasteiger partial charge in [-0.1, -0.05) is 87.5 Å². The third-order valence-electron chi connectivity index (χ3n) is 6.88. The maximum Gasteiger partial charge on any atom is 0.264 e. The van der Waals surface area contributed by atoms with Crippen LogP contribution in [0.2, 0.25) is 0 Å². The number of hydrogen-bond acceptors (Lipinski definition) is 4. The molecule has 0 saturated carbocycles. The molecule has 0 aromatic heterocycles. The zero-order chi connectivity index (χ0) is 29.1. The zero-order valence-corrected chi connectivity index (χ0v) is 24.2. The van der Waals surface area contributed by atoms with Crippen LogP contribution in [0, 0.1) is 13.8 Å². The Labute approximate surface area is 236 Å². The van der Waals surface area contributed by atoms with Gasteiger partial charge in [0.2, 0.25) is 5.91 Å². The van der Waals surface area contributed by atoms with Crippen LogP contribution in [-0.2, 0) is 20.2 Å². The summed E-state index contributed by atoms with van der Waals surface area (Å²) in [6.07, 6.45) is 0. The number of sulfonamides is 1. The second-order valence-electron chi connectivity index (χ2n) is 10.8. The summed E-state index contributed by atoms with van der Waals surface area (Å²) in [5.74, 6) is -0.695. The van der Waals surface area contributed by atoms with Gasteiger partial charge in [-0.05, 0) is 66.3 Å². The van der Waals surface area contributed by atoms with Crippen LogP contribution < -0.4 is 9.62 Å². The Bertz CT molecular complexity index is 1640. The van der Waals surface area contributed by atoms with Crippen molar-refractivity contribution in [3.8, 4) is 0 Å². The van der Waals surface area contributed by atoms with Crippen LogP contribution >= 0.6 is 0 Å². The lowest BCUT2D eigenvalue weighted by molar-refractivity contribution is -0.114. The van der Waals surface area contributed by atoms with Crippen LogP contribution in [0.1, 0.15) is 53.4 Å². The van der Waals surface area contributed by atoms with Gasteiger partial charge in [0.25, 0.3) is 10.0 Å². The highest BCUT2D eigenvalue weighted by molar-refractivity contribution is 7.92. The van der Waals surface area contributed by atoms with Crippen molar-refractivity contribution in [1.29, 1.82) is 0 Å². The van der Waals surface area contributed by atoms with Crippen molar-refractivity contribution in [3.05, 3.63) is 125 Å². The average molecular weight is 555 g/mol. The summed E-state index contributed by atoms with van der Waals surface area (Å²) in [6.45, 7) is 9.63. The standard InChI is InChI=1S/C33H34N2O4S/c1-23-11-9-16-30(24(23)2)35(40(38,39)29-14-7-6-8-15-29)22-31(36)34-28-13-10-12-26(21-28)32(37)25-17-19-27(20-18-25)33(3,4)5/h6-21H,22H2,1-5H3,(H,34,36). The minimum absolute atomic E-state index is 0.0232. The first-order valence-corrected chi connectivity index (χ1v) is 14.5. The number of nitrogens with zero attached hydrogens (tertiary/aromatic N) is 1. The molecule has 0 unspecified atom stereocenters. The molecule has 0 aliphatic rings. The van der Waals surface area contributed by atoms with Gasteiger partial charge in [0.05, 0.1) is 10.6 Å². The molecule has 7 heteroatoms.